The highest BCUT2D eigenvalue weighted by molar-refractivity contribution is 6.43. The summed E-state index contributed by atoms with van der Waals surface area (Å²) in [6, 6.07) is 5.91. The molecule has 1 aliphatic carbocycles. The lowest BCUT2D eigenvalue weighted by Crippen LogP contribution is -2.49. The van der Waals surface area contributed by atoms with E-state index < -0.39 is 0 Å². The first-order chi connectivity index (χ1) is 10.7. The van der Waals surface area contributed by atoms with Crippen molar-refractivity contribution in [3.05, 3.63) is 33.8 Å². The Balaban J connectivity index is 0.00000192. The van der Waals surface area contributed by atoms with E-state index in [0.717, 1.165) is 32.4 Å². The van der Waals surface area contributed by atoms with E-state index in [1.165, 1.54) is 19.3 Å². The summed E-state index contributed by atoms with van der Waals surface area (Å²) in [5.41, 5.74) is 0.534. The fraction of sp³-hybridized carbons (Fsp3) is 0.588. The van der Waals surface area contributed by atoms with Gasteiger partial charge >= 0.3 is 0 Å². The van der Waals surface area contributed by atoms with Gasteiger partial charge in [0.2, 0.25) is 0 Å². The first kappa shape index (κ1) is 18.9. The summed E-state index contributed by atoms with van der Waals surface area (Å²) in [4.78, 5) is 15.3. The van der Waals surface area contributed by atoms with Crippen molar-refractivity contribution in [3.63, 3.8) is 0 Å². The maximum absolute atomic E-state index is 13.2. The highest BCUT2D eigenvalue weighted by Crippen LogP contribution is 2.31. The zero-order valence-electron chi connectivity index (χ0n) is 13.1. The van der Waals surface area contributed by atoms with Crippen molar-refractivity contribution in [2.45, 2.75) is 50.6 Å². The van der Waals surface area contributed by atoms with Crippen LogP contribution in [0.25, 0.3) is 0 Å². The predicted molar refractivity (Wildman–Crippen MR) is 98.0 cm³/mol. The van der Waals surface area contributed by atoms with Crippen molar-refractivity contribution in [3.8, 4) is 0 Å². The molecule has 1 heterocycles. The van der Waals surface area contributed by atoms with Gasteiger partial charge in [0.25, 0.3) is 5.91 Å². The number of benzene rings is 1. The zero-order valence-corrected chi connectivity index (χ0v) is 15.4. The SMILES string of the molecule is Cl.O=C(c1cccc(Cl)c1Cl)N(C1CCCCC1)[C@H]1CCNC1. The molecule has 3 rings (SSSR count). The van der Waals surface area contributed by atoms with Crippen molar-refractivity contribution in [1.82, 2.24) is 10.2 Å². The van der Waals surface area contributed by atoms with Gasteiger partial charge in [-0.05, 0) is 37.9 Å². The van der Waals surface area contributed by atoms with Gasteiger partial charge in [-0.3, -0.25) is 4.79 Å². The largest absolute Gasteiger partial charge is 0.331 e. The molecule has 1 saturated carbocycles. The molecule has 1 saturated heterocycles. The van der Waals surface area contributed by atoms with E-state index in [-0.39, 0.29) is 24.4 Å². The molecule has 1 N–H and O–H groups in total. The van der Waals surface area contributed by atoms with E-state index in [1.54, 1.807) is 18.2 Å². The van der Waals surface area contributed by atoms with Crippen LogP contribution in [0.3, 0.4) is 0 Å². The van der Waals surface area contributed by atoms with Gasteiger partial charge in [-0.25, -0.2) is 0 Å². The minimum Gasteiger partial charge on any atom is -0.331 e. The minimum atomic E-state index is 0. The van der Waals surface area contributed by atoms with Crippen LogP contribution in [0, 0.1) is 0 Å². The molecule has 2 aliphatic rings. The molecule has 1 aromatic rings. The second-order valence-corrected chi connectivity index (χ2v) is 7.04. The summed E-state index contributed by atoms with van der Waals surface area (Å²) >= 11 is 12.4. The van der Waals surface area contributed by atoms with Crippen LogP contribution in [0.15, 0.2) is 18.2 Å². The second-order valence-electron chi connectivity index (χ2n) is 6.25. The molecule has 3 nitrogen and oxygen atoms in total. The molecule has 1 amide bonds. The Hall–Kier alpha value is -0.480. The summed E-state index contributed by atoms with van der Waals surface area (Å²) in [6.45, 7) is 1.85. The quantitative estimate of drug-likeness (QED) is 0.838. The monoisotopic (exact) mass is 376 g/mol. The van der Waals surface area contributed by atoms with E-state index >= 15 is 0 Å². The maximum Gasteiger partial charge on any atom is 0.255 e. The Labute approximate surface area is 154 Å². The van der Waals surface area contributed by atoms with Crippen LogP contribution in [-0.2, 0) is 0 Å². The van der Waals surface area contributed by atoms with Crippen LogP contribution in [-0.4, -0.2) is 36.0 Å². The predicted octanol–water partition coefficient (Wildman–Crippen LogP) is 4.55. The number of hydrogen-bond donors (Lipinski definition) is 1. The van der Waals surface area contributed by atoms with Crippen molar-refractivity contribution >= 4 is 41.5 Å². The molecule has 1 atom stereocenters. The van der Waals surface area contributed by atoms with Crippen LogP contribution >= 0.6 is 35.6 Å². The Morgan fingerprint density at radius 2 is 1.83 bits per heavy atom. The third-order valence-corrected chi connectivity index (χ3v) is 5.63. The number of nitrogens with one attached hydrogen (secondary N) is 1. The number of halogens is 3. The number of carbonyl (C=O) groups excluding carboxylic acids is 1. The summed E-state index contributed by atoms with van der Waals surface area (Å²) in [6.07, 6.45) is 6.90. The first-order valence-corrected chi connectivity index (χ1v) is 8.91. The Bertz CT molecular complexity index is 541. The van der Waals surface area contributed by atoms with Crippen molar-refractivity contribution in [2.75, 3.05) is 13.1 Å². The number of amides is 1. The zero-order chi connectivity index (χ0) is 15.5. The number of nitrogens with zero attached hydrogens (tertiary/aromatic N) is 1. The normalized spacial score (nSPS) is 21.7. The third kappa shape index (κ3) is 4.14. The second kappa shape index (κ2) is 8.57. The maximum atomic E-state index is 13.2. The molecular weight excluding hydrogens is 355 g/mol. The van der Waals surface area contributed by atoms with E-state index in [4.69, 9.17) is 23.2 Å². The topological polar surface area (TPSA) is 32.3 Å². The molecule has 1 aromatic carbocycles. The number of rotatable bonds is 3. The smallest absolute Gasteiger partial charge is 0.255 e. The molecule has 0 unspecified atom stereocenters. The van der Waals surface area contributed by atoms with Crippen LogP contribution in [0.2, 0.25) is 10.0 Å². The lowest BCUT2D eigenvalue weighted by Gasteiger charge is -2.38. The Morgan fingerprint density at radius 3 is 2.48 bits per heavy atom. The van der Waals surface area contributed by atoms with E-state index in [0.29, 0.717) is 21.7 Å². The number of carbonyl (C=O) groups is 1. The molecule has 128 valence electrons. The molecule has 1 aliphatic heterocycles. The molecule has 0 bridgehead atoms. The van der Waals surface area contributed by atoms with Crippen LogP contribution in [0.5, 0.6) is 0 Å². The third-order valence-electron chi connectivity index (χ3n) is 4.81. The fourth-order valence-corrected chi connectivity index (χ4v) is 4.06. The van der Waals surface area contributed by atoms with Crippen molar-refractivity contribution < 1.29 is 4.79 Å². The summed E-state index contributed by atoms with van der Waals surface area (Å²) < 4.78 is 0. The molecule has 0 aromatic heterocycles. The number of hydrogen-bond acceptors (Lipinski definition) is 2. The van der Waals surface area contributed by atoms with Gasteiger partial charge in [-0.15, -0.1) is 12.4 Å². The van der Waals surface area contributed by atoms with Gasteiger partial charge in [0.1, 0.15) is 0 Å². The van der Waals surface area contributed by atoms with Gasteiger partial charge < -0.3 is 10.2 Å². The van der Waals surface area contributed by atoms with Gasteiger partial charge in [-0.1, -0.05) is 48.5 Å². The van der Waals surface area contributed by atoms with Gasteiger partial charge in [0, 0.05) is 18.6 Å². The lowest BCUT2D eigenvalue weighted by atomic mass is 9.92. The first-order valence-electron chi connectivity index (χ1n) is 8.16. The Kier molecular flexibility index (Phi) is 7.02. The van der Waals surface area contributed by atoms with E-state index in [9.17, 15) is 4.79 Å². The van der Waals surface area contributed by atoms with Crippen molar-refractivity contribution in [1.29, 1.82) is 0 Å². The highest BCUT2D eigenvalue weighted by atomic mass is 35.5. The van der Waals surface area contributed by atoms with Crippen LogP contribution in [0.1, 0.15) is 48.9 Å². The molecule has 23 heavy (non-hydrogen) atoms. The summed E-state index contributed by atoms with van der Waals surface area (Å²) in [5.74, 6) is 0.0353. The summed E-state index contributed by atoms with van der Waals surface area (Å²) in [7, 11) is 0. The van der Waals surface area contributed by atoms with E-state index in [1.807, 2.05) is 0 Å². The molecule has 0 radical (unpaired) electrons. The standard InChI is InChI=1S/C17H22Cl2N2O.ClH/c18-15-8-4-7-14(16(15)19)17(22)21(13-9-10-20-11-13)12-5-2-1-3-6-12;/h4,7-8,12-13,20H,1-3,5-6,9-11H2;1H/t13-;/m0./s1. The minimum absolute atomic E-state index is 0. The average molecular weight is 378 g/mol. The molecule has 0 spiro atoms. The lowest BCUT2D eigenvalue weighted by molar-refractivity contribution is 0.0534. The summed E-state index contributed by atoms with van der Waals surface area (Å²) in [5, 5.41) is 4.19. The average Bonchev–Trinajstić information content (AvgIpc) is 3.05. The van der Waals surface area contributed by atoms with Crippen molar-refractivity contribution in [2.24, 2.45) is 0 Å². The highest BCUT2D eigenvalue weighted by Gasteiger charge is 2.34. The van der Waals surface area contributed by atoms with Gasteiger partial charge in [0.15, 0.2) is 0 Å². The van der Waals surface area contributed by atoms with Gasteiger partial charge in [0.05, 0.1) is 15.6 Å². The molecule has 2 fully saturated rings. The van der Waals surface area contributed by atoms with Crippen LogP contribution in [0.4, 0.5) is 0 Å². The van der Waals surface area contributed by atoms with Crippen LogP contribution < -0.4 is 5.32 Å². The molecule has 6 heteroatoms. The van der Waals surface area contributed by atoms with E-state index in [2.05, 4.69) is 10.2 Å². The van der Waals surface area contributed by atoms with Gasteiger partial charge in [-0.2, -0.15) is 0 Å². The molecular formula is C17H23Cl3N2O. The Morgan fingerprint density at radius 1 is 1.09 bits per heavy atom. The fourth-order valence-electron chi connectivity index (χ4n) is 3.67.